The van der Waals surface area contributed by atoms with Crippen LogP contribution in [-0.2, 0) is 6.18 Å². The van der Waals surface area contributed by atoms with Crippen LogP contribution in [-0.4, -0.2) is 25.8 Å². The number of thiophene rings is 1. The number of nitrogens with zero attached hydrogens (tertiary/aromatic N) is 3. The van der Waals surface area contributed by atoms with Crippen LogP contribution in [0.15, 0.2) is 41.8 Å². The maximum absolute atomic E-state index is 12.9. The highest BCUT2D eigenvalue weighted by Crippen LogP contribution is 2.31. The number of hydrogen-bond donors (Lipinski definition) is 1. The molecule has 0 aliphatic carbocycles. The van der Waals surface area contributed by atoms with Crippen LogP contribution in [0.2, 0.25) is 0 Å². The van der Waals surface area contributed by atoms with Gasteiger partial charge in [0.15, 0.2) is 5.82 Å². The molecule has 0 saturated heterocycles. The predicted octanol–water partition coefficient (Wildman–Crippen LogP) is 3.71. The van der Waals surface area contributed by atoms with E-state index in [1.807, 2.05) is 0 Å². The van der Waals surface area contributed by atoms with Crippen molar-refractivity contribution >= 4 is 17.3 Å². The summed E-state index contributed by atoms with van der Waals surface area (Å²) in [6, 6.07) is 7.89. The van der Waals surface area contributed by atoms with Crippen LogP contribution in [0.25, 0.3) is 16.4 Å². The van der Waals surface area contributed by atoms with E-state index in [9.17, 15) is 18.0 Å². The molecule has 9 heteroatoms. The van der Waals surface area contributed by atoms with Crippen molar-refractivity contribution in [3.05, 3.63) is 53.2 Å². The second kappa shape index (κ2) is 5.51. The van der Waals surface area contributed by atoms with Gasteiger partial charge in [0.2, 0.25) is 0 Å². The molecule has 3 rings (SSSR count). The number of carboxylic acids is 1. The van der Waals surface area contributed by atoms with Gasteiger partial charge in [-0.3, -0.25) is 0 Å². The summed E-state index contributed by atoms with van der Waals surface area (Å²) in [6.45, 7) is 0. The summed E-state index contributed by atoms with van der Waals surface area (Å²) in [5.41, 5.74) is -0.761. The van der Waals surface area contributed by atoms with Gasteiger partial charge in [0.25, 0.3) is 5.82 Å². The zero-order chi connectivity index (χ0) is 16.6. The molecule has 0 aliphatic heterocycles. The van der Waals surface area contributed by atoms with E-state index < -0.39 is 23.5 Å². The summed E-state index contributed by atoms with van der Waals surface area (Å²) in [6.07, 6.45) is -4.50. The van der Waals surface area contributed by atoms with Crippen molar-refractivity contribution < 1.29 is 23.1 Å². The van der Waals surface area contributed by atoms with Gasteiger partial charge in [-0.25, -0.2) is 9.48 Å². The Kier molecular flexibility index (Phi) is 3.64. The summed E-state index contributed by atoms with van der Waals surface area (Å²) in [5, 5.41) is 14.6. The monoisotopic (exact) mass is 339 g/mol. The number of rotatable bonds is 3. The molecule has 0 fully saturated rings. The first-order valence-corrected chi connectivity index (χ1v) is 7.16. The highest BCUT2D eigenvalue weighted by molar-refractivity contribution is 7.13. The van der Waals surface area contributed by atoms with Crippen LogP contribution in [0.5, 0.6) is 0 Å². The number of aromatic carboxylic acids is 1. The van der Waals surface area contributed by atoms with E-state index >= 15 is 0 Å². The van der Waals surface area contributed by atoms with Gasteiger partial charge in [-0.2, -0.15) is 18.2 Å². The highest BCUT2D eigenvalue weighted by Gasteiger charge is 2.31. The maximum atomic E-state index is 12.9. The molecule has 0 amide bonds. The normalized spacial score (nSPS) is 11.6. The highest BCUT2D eigenvalue weighted by atomic mass is 32.1. The molecular weight excluding hydrogens is 331 g/mol. The number of carbonyl (C=O) groups is 1. The lowest BCUT2D eigenvalue weighted by Crippen LogP contribution is -2.07. The van der Waals surface area contributed by atoms with Gasteiger partial charge < -0.3 is 5.11 Å². The molecule has 0 aliphatic rings. The standard InChI is InChI=1S/C14H8F3N3O2S/c15-14(16,17)8-3-1-4-9(7-8)20-12(10-5-2-6-23-10)18-11(19-20)13(21)22/h1-7H,(H,21,22). The van der Waals surface area contributed by atoms with Gasteiger partial charge in [-0.05, 0) is 29.6 Å². The second-order valence-electron chi connectivity index (χ2n) is 4.50. The number of aromatic nitrogens is 3. The van der Waals surface area contributed by atoms with Crippen LogP contribution in [0, 0.1) is 0 Å². The molecule has 0 unspecified atom stereocenters. The van der Waals surface area contributed by atoms with E-state index in [-0.39, 0.29) is 11.5 Å². The number of hydrogen-bond acceptors (Lipinski definition) is 4. The van der Waals surface area contributed by atoms with Gasteiger partial charge in [0.05, 0.1) is 16.1 Å². The molecule has 0 spiro atoms. The van der Waals surface area contributed by atoms with Gasteiger partial charge in [0.1, 0.15) is 0 Å². The Morgan fingerprint density at radius 3 is 2.61 bits per heavy atom. The molecule has 5 nitrogen and oxygen atoms in total. The summed E-state index contributed by atoms with van der Waals surface area (Å²) in [5.74, 6) is -1.66. The van der Waals surface area contributed by atoms with Crippen molar-refractivity contribution in [1.29, 1.82) is 0 Å². The van der Waals surface area contributed by atoms with Gasteiger partial charge in [-0.15, -0.1) is 16.4 Å². The first-order chi connectivity index (χ1) is 10.9. The molecular formula is C14H8F3N3O2S. The van der Waals surface area contributed by atoms with Gasteiger partial charge in [-0.1, -0.05) is 12.1 Å². The third kappa shape index (κ3) is 2.95. The smallest absolute Gasteiger partial charge is 0.416 e. The molecule has 1 N–H and O–H groups in total. The van der Waals surface area contributed by atoms with Crippen molar-refractivity contribution in [2.75, 3.05) is 0 Å². The van der Waals surface area contributed by atoms with E-state index in [4.69, 9.17) is 5.11 Å². The van der Waals surface area contributed by atoms with Crippen LogP contribution in [0.1, 0.15) is 16.2 Å². The minimum absolute atomic E-state index is 0.0863. The Hall–Kier alpha value is -2.68. The third-order valence-corrected chi connectivity index (χ3v) is 3.82. The van der Waals surface area contributed by atoms with E-state index in [1.54, 1.807) is 17.5 Å². The number of halogens is 3. The largest absolute Gasteiger partial charge is 0.475 e. The van der Waals surface area contributed by atoms with E-state index in [1.165, 1.54) is 23.5 Å². The van der Waals surface area contributed by atoms with E-state index in [0.717, 1.165) is 16.8 Å². The van der Waals surface area contributed by atoms with Crippen LogP contribution in [0.4, 0.5) is 13.2 Å². The number of carboxylic acid groups (broad SMARTS) is 1. The Morgan fingerprint density at radius 2 is 2.00 bits per heavy atom. The lowest BCUT2D eigenvalue weighted by atomic mass is 10.2. The summed E-state index contributed by atoms with van der Waals surface area (Å²) < 4.78 is 39.7. The van der Waals surface area contributed by atoms with Crippen molar-refractivity contribution in [1.82, 2.24) is 14.8 Å². The SMILES string of the molecule is O=C(O)c1nc(-c2cccs2)n(-c2cccc(C(F)(F)F)c2)n1. The average Bonchev–Trinajstić information content (AvgIpc) is 3.15. The molecule has 118 valence electrons. The Balaban J connectivity index is 2.18. The zero-order valence-electron chi connectivity index (χ0n) is 11.3. The summed E-state index contributed by atoms with van der Waals surface area (Å²) in [4.78, 5) is 15.6. The maximum Gasteiger partial charge on any atom is 0.416 e. The molecule has 0 atom stereocenters. The molecule has 0 saturated carbocycles. The minimum atomic E-state index is -4.50. The van der Waals surface area contributed by atoms with Crippen molar-refractivity contribution in [2.45, 2.75) is 6.18 Å². The summed E-state index contributed by atoms with van der Waals surface area (Å²) in [7, 11) is 0. The van der Waals surface area contributed by atoms with Crippen LogP contribution >= 0.6 is 11.3 Å². The van der Waals surface area contributed by atoms with Gasteiger partial charge >= 0.3 is 12.1 Å². The molecule has 1 aromatic carbocycles. The third-order valence-electron chi connectivity index (χ3n) is 2.96. The summed E-state index contributed by atoms with van der Waals surface area (Å²) >= 11 is 1.28. The molecule has 2 aromatic heterocycles. The van der Waals surface area contributed by atoms with Gasteiger partial charge in [0, 0.05) is 0 Å². The minimum Gasteiger partial charge on any atom is -0.475 e. The molecule has 3 aromatic rings. The Labute approximate surface area is 131 Å². The molecule has 0 radical (unpaired) electrons. The fraction of sp³-hybridized carbons (Fsp3) is 0.0714. The van der Waals surface area contributed by atoms with Crippen molar-refractivity contribution in [3.8, 4) is 16.4 Å². The predicted molar refractivity (Wildman–Crippen MR) is 76.6 cm³/mol. The van der Waals surface area contributed by atoms with Crippen LogP contribution in [0.3, 0.4) is 0 Å². The van der Waals surface area contributed by atoms with E-state index in [2.05, 4.69) is 10.1 Å². The first kappa shape index (κ1) is 15.2. The Bertz CT molecular complexity index is 857. The average molecular weight is 339 g/mol. The lowest BCUT2D eigenvalue weighted by Gasteiger charge is -2.09. The van der Waals surface area contributed by atoms with Crippen molar-refractivity contribution in [2.24, 2.45) is 0 Å². The quantitative estimate of drug-likeness (QED) is 0.790. The van der Waals surface area contributed by atoms with Crippen LogP contribution < -0.4 is 0 Å². The van der Waals surface area contributed by atoms with E-state index in [0.29, 0.717) is 4.88 Å². The Morgan fingerprint density at radius 1 is 1.22 bits per heavy atom. The topological polar surface area (TPSA) is 68.0 Å². The second-order valence-corrected chi connectivity index (χ2v) is 5.45. The lowest BCUT2D eigenvalue weighted by molar-refractivity contribution is -0.137. The van der Waals surface area contributed by atoms with Crippen molar-refractivity contribution in [3.63, 3.8) is 0 Å². The fourth-order valence-corrected chi connectivity index (χ4v) is 2.66. The molecule has 0 bridgehead atoms. The first-order valence-electron chi connectivity index (χ1n) is 6.28. The zero-order valence-corrected chi connectivity index (χ0v) is 12.1. The molecule has 2 heterocycles. The number of benzene rings is 1. The fourth-order valence-electron chi connectivity index (χ4n) is 1.96. The number of alkyl halides is 3. The molecule has 23 heavy (non-hydrogen) atoms.